The summed E-state index contributed by atoms with van der Waals surface area (Å²) in [6.45, 7) is 1.80. The van der Waals surface area contributed by atoms with Crippen molar-refractivity contribution in [1.82, 2.24) is 0 Å². The van der Waals surface area contributed by atoms with E-state index in [2.05, 4.69) is 0 Å². The molecule has 0 amide bonds. The van der Waals surface area contributed by atoms with Crippen LogP contribution in [-0.4, -0.2) is 41.5 Å². The summed E-state index contributed by atoms with van der Waals surface area (Å²) in [7, 11) is -5.85. The lowest BCUT2D eigenvalue weighted by molar-refractivity contribution is 0.402. The van der Waals surface area contributed by atoms with E-state index in [1.807, 2.05) is 0 Å². The van der Waals surface area contributed by atoms with Gasteiger partial charge in [-0.2, -0.15) is 0 Å². The minimum absolute atomic E-state index is 0.0124. The first kappa shape index (κ1) is 18.7. The van der Waals surface area contributed by atoms with Crippen LogP contribution in [0.2, 0.25) is 0 Å². The zero-order valence-electron chi connectivity index (χ0n) is 14.6. The van der Waals surface area contributed by atoms with E-state index in [4.69, 9.17) is 4.74 Å². The van der Waals surface area contributed by atoms with Gasteiger partial charge in [-0.15, -0.1) is 0 Å². The second kappa shape index (κ2) is 6.92. The molecule has 0 radical (unpaired) electrons. The monoisotopic (exact) mass is 395 g/mol. The summed E-state index contributed by atoms with van der Waals surface area (Å²) in [6, 6.07) is 12.9. The minimum Gasteiger partial charge on any atom is -0.495 e. The lowest BCUT2D eigenvalue weighted by atomic mass is 10.2. The van der Waals surface area contributed by atoms with Gasteiger partial charge in [0.2, 0.25) is 0 Å². The quantitative estimate of drug-likeness (QED) is 0.776. The molecule has 0 aromatic heterocycles. The van der Waals surface area contributed by atoms with Crippen LogP contribution >= 0.6 is 0 Å². The third-order valence-corrected chi connectivity index (χ3v) is 8.06. The Morgan fingerprint density at radius 1 is 1.12 bits per heavy atom. The van der Waals surface area contributed by atoms with Gasteiger partial charge in [0, 0.05) is 0 Å². The first-order valence-electron chi connectivity index (χ1n) is 8.19. The lowest BCUT2D eigenvalue weighted by Crippen LogP contribution is -2.41. The van der Waals surface area contributed by atoms with Gasteiger partial charge in [-0.25, -0.2) is 16.8 Å². The number of hydrogen-bond donors (Lipinski definition) is 0. The molecule has 8 heteroatoms. The zero-order chi connectivity index (χ0) is 18.9. The van der Waals surface area contributed by atoms with E-state index in [9.17, 15) is 16.8 Å². The van der Waals surface area contributed by atoms with Crippen LogP contribution in [0.4, 0.5) is 5.69 Å². The molecule has 1 heterocycles. The number of anilines is 1. The molecule has 0 spiro atoms. The zero-order valence-corrected chi connectivity index (χ0v) is 16.3. The Hall–Kier alpha value is -2.06. The summed E-state index contributed by atoms with van der Waals surface area (Å²) >= 11 is 0. The molecule has 0 bridgehead atoms. The van der Waals surface area contributed by atoms with Crippen molar-refractivity contribution in [2.75, 3.05) is 22.9 Å². The number of sulfonamides is 1. The maximum Gasteiger partial charge on any atom is 0.268 e. The number of aryl methyl sites for hydroxylation is 1. The third-order valence-electron chi connectivity index (χ3n) is 4.41. The number of hydrogen-bond acceptors (Lipinski definition) is 5. The molecule has 2 aromatic carbocycles. The second-order valence-electron chi connectivity index (χ2n) is 6.35. The smallest absolute Gasteiger partial charge is 0.268 e. The molecule has 1 atom stereocenters. The van der Waals surface area contributed by atoms with Crippen molar-refractivity contribution < 1.29 is 21.6 Å². The normalized spacial score (nSPS) is 19.2. The highest BCUT2D eigenvalue weighted by Gasteiger charge is 2.40. The Kier molecular flexibility index (Phi) is 4.98. The summed E-state index contributed by atoms with van der Waals surface area (Å²) in [5.41, 5.74) is 1.22. The molecule has 0 aliphatic carbocycles. The molecule has 1 fully saturated rings. The van der Waals surface area contributed by atoms with Gasteiger partial charge in [0.05, 0.1) is 30.3 Å². The molecule has 1 aliphatic rings. The highest BCUT2D eigenvalue weighted by Crippen LogP contribution is 2.34. The van der Waals surface area contributed by atoms with Gasteiger partial charge >= 0.3 is 0 Å². The molecular weight excluding hydrogens is 374 g/mol. The van der Waals surface area contributed by atoms with Crippen molar-refractivity contribution >= 4 is 25.5 Å². The van der Waals surface area contributed by atoms with E-state index in [0.717, 1.165) is 5.56 Å². The van der Waals surface area contributed by atoms with E-state index in [1.165, 1.54) is 11.4 Å². The van der Waals surface area contributed by atoms with E-state index in [-0.39, 0.29) is 28.6 Å². The second-order valence-corrected chi connectivity index (χ2v) is 10.4. The molecule has 140 valence electrons. The predicted octanol–water partition coefficient (Wildman–Crippen LogP) is 2.39. The number of nitrogens with zero attached hydrogens (tertiary/aromatic N) is 1. The van der Waals surface area contributed by atoms with Crippen molar-refractivity contribution in [1.29, 1.82) is 0 Å². The van der Waals surface area contributed by atoms with Gasteiger partial charge in [-0.3, -0.25) is 4.31 Å². The lowest BCUT2D eigenvalue weighted by Gasteiger charge is -2.30. The summed E-state index contributed by atoms with van der Waals surface area (Å²) in [4.78, 5) is 0.0353. The molecule has 6 nitrogen and oxygen atoms in total. The standard InChI is InChI=1S/C18H21NO5S2/c1-14-8-9-17(24-2)18(12-14)26(22,23)19(15-6-4-3-5-7-15)16-10-11-25(20,21)13-16/h3-9,12,16H,10-11,13H2,1-2H3/t16-/m0/s1. The van der Waals surface area contributed by atoms with E-state index in [0.29, 0.717) is 5.69 Å². The molecule has 26 heavy (non-hydrogen) atoms. The van der Waals surface area contributed by atoms with Crippen molar-refractivity contribution in [3.05, 3.63) is 54.1 Å². The van der Waals surface area contributed by atoms with E-state index < -0.39 is 25.9 Å². The maximum atomic E-state index is 13.5. The predicted molar refractivity (Wildman–Crippen MR) is 101 cm³/mol. The number of ether oxygens (including phenoxy) is 1. The SMILES string of the molecule is COc1ccc(C)cc1S(=O)(=O)N(c1ccccc1)[C@H]1CCS(=O)(=O)C1. The van der Waals surface area contributed by atoms with Crippen LogP contribution in [0.5, 0.6) is 5.75 Å². The van der Waals surface area contributed by atoms with Crippen LogP contribution in [0, 0.1) is 6.92 Å². The average molecular weight is 396 g/mol. The average Bonchev–Trinajstić information content (AvgIpc) is 2.95. The molecule has 3 rings (SSSR count). The number of benzene rings is 2. The fraction of sp³-hybridized carbons (Fsp3) is 0.333. The van der Waals surface area contributed by atoms with Crippen molar-refractivity contribution in [3.8, 4) is 5.75 Å². The Bertz CT molecular complexity index is 1000. The van der Waals surface area contributed by atoms with Gasteiger partial charge in [0.25, 0.3) is 10.0 Å². The molecule has 1 saturated heterocycles. The third kappa shape index (κ3) is 3.57. The van der Waals surface area contributed by atoms with Crippen LogP contribution in [-0.2, 0) is 19.9 Å². The highest BCUT2D eigenvalue weighted by atomic mass is 32.2. The molecule has 2 aromatic rings. The Labute approximate surface area is 154 Å². The maximum absolute atomic E-state index is 13.5. The van der Waals surface area contributed by atoms with Gasteiger partial charge in [0.15, 0.2) is 9.84 Å². The van der Waals surface area contributed by atoms with Crippen LogP contribution in [0.15, 0.2) is 53.4 Å². The summed E-state index contributed by atoms with van der Waals surface area (Å²) < 4.78 is 57.5. The topological polar surface area (TPSA) is 80.8 Å². The summed E-state index contributed by atoms with van der Waals surface area (Å²) in [5, 5.41) is 0. The van der Waals surface area contributed by atoms with Gasteiger partial charge in [-0.1, -0.05) is 24.3 Å². The Morgan fingerprint density at radius 3 is 2.38 bits per heavy atom. The number of rotatable bonds is 5. The van der Waals surface area contributed by atoms with E-state index >= 15 is 0 Å². The van der Waals surface area contributed by atoms with Gasteiger partial charge < -0.3 is 4.74 Å². The van der Waals surface area contributed by atoms with Crippen molar-refractivity contribution in [2.45, 2.75) is 24.3 Å². The van der Waals surface area contributed by atoms with Crippen LogP contribution in [0.3, 0.4) is 0 Å². The van der Waals surface area contributed by atoms with Crippen LogP contribution < -0.4 is 9.04 Å². The molecule has 0 unspecified atom stereocenters. The number of sulfone groups is 1. The molecular formula is C18H21NO5S2. The summed E-state index contributed by atoms with van der Waals surface area (Å²) in [6.07, 6.45) is 0.268. The number of para-hydroxylation sites is 1. The molecule has 0 saturated carbocycles. The fourth-order valence-corrected chi connectivity index (χ4v) is 6.89. The van der Waals surface area contributed by atoms with Crippen LogP contribution in [0.25, 0.3) is 0 Å². The fourth-order valence-electron chi connectivity index (χ4n) is 3.17. The highest BCUT2D eigenvalue weighted by molar-refractivity contribution is 7.93. The van der Waals surface area contributed by atoms with E-state index in [1.54, 1.807) is 55.5 Å². The van der Waals surface area contributed by atoms with Gasteiger partial charge in [-0.05, 0) is 43.2 Å². The number of methoxy groups -OCH3 is 1. The molecule has 1 aliphatic heterocycles. The van der Waals surface area contributed by atoms with Crippen LogP contribution in [0.1, 0.15) is 12.0 Å². The first-order valence-corrected chi connectivity index (χ1v) is 11.5. The Morgan fingerprint density at radius 2 is 1.81 bits per heavy atom. The van der Waals surface area contributed by atoms with Gasteiger partial charge in [0.1, 0.15) is 10.6 Å². The first-order chi connectivity index (χ1) is 12.2. The minimum atomic E-state index is -4.01. The van der Waals surface area contributed by atoms with Crippen molar-refractivity contribution in [2.24, 2.45) is 0 Å². The van der Waals surface area contributed by atoms with Crippen molar-refractivity contribution in [3.63, 3.8) is 0 Å². The largest absolute Gasteiger partial charge is 0.495 e. The molecule has 0 N–H and O–H groups in total. The summed E-state index contributed by atoms with van der Waals surface area (Å²) in [5.74, 6) is 0.0360. The Balaban J connectivity index is 2.17.